The highest BCUT2D eigenvalue weighted by Gasteiger charge is 2.20. The largest absolute Gasteiger partial charge is 0.481 e. The number of aryl methyl sites for hydroxylation is 1. The van der Waals surface area contributed by atoms with E-state index in [9.17, 15) is 13.5 Å². The first-order valence-corrected chi connectivity index (χ1v) is 10.6. The Morgan fingerprint density at radius 2 is 1.80 bits per heavy atom. The third-order valence-electron chi connectivity index (χ3n) is 5.02. The Hall–Kier alpha value is -3.30. The van der Waals surface area contributed by atoms with Gasteiger partial charge in [0.15, 0.2) is 0 Å². The van der Waals surface area contributed by atoms with E-state index in [2.05, 4.69) is 9.71 Å². The van der Waals surface area contributed by atoms with Crippen LogP contribution in [-0.2, 0) is 23.7 Å². The maximum atomic E-state index is 13.0. The number of aromatic nitrogens is 2. The molecular weight excluding hydrogens is 406 g/mol. The minimum Gasteiger partial charge on any atom is -0.481 e. The molecule has 0 spiro atoms. The van der Waals surface area contributed by atoms with E-state index in [0.717, 1.165) is 27.4 Å². The third kappa shape index (κ3) is 3.31. The summed E-state index contributed by atoms with van der Waals surface area (Å²) in [6.45, 7) is -0.0568. The lowest BCUT2D eigenvalue weighted by Crippen LogP contribution is -2.14. The number of methoxy groups -OCH3 is 2. The summed E-state index contributed by atoms with van der Waals surface area (Å²) in [5, 5.41) is 11.1. The number of rotatable bonds is 6. The zero-order valence-corrected chi connectivity index (χ0v) is 17.5. The average Bonchev–Trinajstić information content (AvgIpc) is 3.04. The molecule has 2 heterocycles. The molecule has 4 rings (SSSR count). The van der Waals surface area contributed by atoms with Crippen LogP contribution in [0.3, 0.4) is 0 Å². The van der Waals surface area contributed by atoms with E-state index in [0.29, 0.717) is 5.88 Å². The fourth-order valence-electron chi connectivity index (χ4n) is 3.48. The summed E-state index contributed by atoms with van der Waals surface area (Å²) in [5.74, 6) is 0.426. The first-order valence-electron chi connectivity index (χ1n) is 9.11. The van der Waals surface area contributed by atoms with Gasteiger partial charge in [0.25, 0.3) is 10.0 Å². The highest BCUT2D eigenvalue weighted by molar-refractivity contribution is 7.92. The van der Waals surface area contributed by atoms with Crippen LogP contribution in [0.5, 0.6) is 11.8 Å². The van der Waals surface area contributed by atoms with E-state index in [1.54, 1.807) is 24.3 Å². The fraction of sp³-hybridized carbons (Fsp3) is 0.190. The summed E-state index contributed by atoms with van der Waals surface area (Å²) in [6, 6.07) is 13.7. The molecule has 2 N–H and O–H groups in total. The lowest BCUT2D eigenvalue weighted by atomic mass is 10.1. The fourth-order valence-corrected chi connectivity index (χ4v) is 4.56. The van der Waals surface area contributed by atoms with Crippen molar-refractivity contribution in [1.82, 2.24) is 9.55 Å². The number of pyridine rings is 1. The van der Waals surface area contributed by atoms with Crippen molar-refractivity contribution in [3.8, 4) is 11.8 Å². The summed E-state index contributed by atoms with van der Waals surface area (Å²) < 4.78 is 40.8. The quantitative estimate of drug-likeness (QED) is 0.490. The van der Waals surface area contributed by atoms with Crippen LogP contribution in [0, 0.1) is 0 Å². The minimum absolute atomic E-state index is 0.0568. The lowest BCUT2D eigenvalue weighted by Gasteiger charge is -2.12. The van der Waals surface area contributed by atoms with Crippen molar-refractivity contribution in [3.63, 3.8) is 0 Å². The monoisotopic (exact) mass is 427 g/mol. The normalized spacial score (nSPS) is 11.7. The number of benzene rings is 2. The van der Waals surface area contributed by atoms with Crippen LogP contribution in [0.1, 0.15) is 5.56 Å². The standard InChI is InChI=1S/C21H21N3O5S/c1-24-18-8-5-14(11-16(18)15-6-4-13(12-25)10-19(15)24)30(26,27)23-17-7-9-20(28-2)22-21(17)29-3/h4-11,23,25H,12H2,1-3H3. The maximum absolute atomic E-state index is 13.0. The van der Waals surface area contributed by atoms with E-state index in [-0.39, 0.29) is 23.1 Å². The van der Waals surface area contributed by atoms with Gasteiger partial charge < -0.3 is 19.1 Å². The number of sulfonamides is 1. The Bertz CT molecular complexity index is 1360. The van der Waals surface area contributed by atoms with E-state index in [4.69, 9.17) is 9.47 Å². The highest BCUT2D eigenvalue weighted by Crippen LogP contribution is 2.32. The zero-order valence-electron chi connectivity index (χ0n) is 16.7. The second kappa shape index (κ2) is 7.51. The summed E-state index contributed by atoms with van der Waals surface area (Å²) in [7, 11) is 0.892. The van der Waals surface area contributed by atoms with Crippen molar-refractivity contribution in [2.75, 3.05) is 18.9 Å². The molecule has 0 aliphatic heterocycles. The van der Waals surface area contributed by atoms with Crippen LogP contribution in [0.4, 0.5) is 5.69 Å². The molecule has 8 nitrogen and oxygen atoms in total. The van der Waals surface area contributed by atoms with Crippen molar-refractivity contribution >= 4 is 37.5 Å². The summed E-state index contributed by atoms with van der Waals surface area (Å²) >= 11 is 0. The predicted octanol–water partition coefficient (Wildman–Crippen LogP) is 3.04. The molecule has 0 unspecified atom stereocenters. The van der Waals surface area contributed by atoms with Gasteiger partial charge in [-0.05, 0) is 35.9 Å². The van der Waals surface area contributed by atoms with Crippen LogP contribution >= 0.6 is 0 Å². The third-order valence-corrected chi connectivity index (χ3v) is 6.38. The summed E-state index contributed by atoms with van der Waals surface area (Å²) in [6.07, 6.45) is 0. The molecule has 0 amide bonds. The second-order valence-electron chi connectivity index (χ2n) is 6.76. The van der Waals surface area contributed by atoms with Crippen molar-refractivity contribution in [3.05, 3.63) is 54.1 Å². The van der Waals surface area contributed by atoms with Gasteiger partial charge >= 0.3 is 0 Å². The van der Waals surface area contributed by atoms with Crippen molar-refractivity contribution < 1.29 is 23.0 Å². The van der Waals surface area contributed by atoms with Gasteiger partial charge in [0.1, 0.15) is 5.69 Å². The Labute approximate surface area is 173 Å². The molecule has 0 saturated carbocycles. The Kier molecular flexibility index (Phi) is 5.00. The molecule has 156 valence electrons. The first kappa shape index (κ1) is 20.0. The van der Waals surface area contributed by atoms with Gasteiger partial charge in [0.2, 0.25) is 11.8 Å². The van der Waals surface area contributed by atoms with Gasteiger partial charge in [-0.15, -0.1) is 0 Å². The molecule has 0 bridgehead atoms. The number of aliphatic hydroxyl groups is 1. The van der Waals surface area contributed by atoms with Crippen LogP contribution in [-0.4, -0.2) is 37.3 Å². The topological polar surface area (TPSA) is 103 Å². The van der Waals surface area contributed by atoms with Crippen molar-refractivity contribution in [2.24, 2.45) is 7.05 Å². The summed E-state index contributed by atoms with van der Waals surface area (Å²) in [4.78, 5) is 4.22. The van der Waals surface area contributed by atoms with E-state index in [1.807, 2.05) is 29.8 Å². The number of fused-ring (bicyclic) bond motifs is 3. The Morgan fingerprint density at radius 3 is 2.50 bits per heavy atom. The van der Waals surface area contributed by atoms with E-state index < -0.39 is 10.0 Å². The van der Waals surface area contributed by atoms with E-state index in [1.165, 1.54) is 20.3 Å². The van der Waals surface area contributed by atoms with Gasteiger partial charge in [-0.1, -0.05) is 12.1 Å². The molecule has 0 fully saturated rings. The van der Waals surface area contributed by atoms with Gasteiger partial charge in [-0.25, -0.2) is 8.42 Å². The number of hydrogen-bond acceptors (Lipinski definition) is 6. The molecule has 0 radical (unpaired) electrons. The van der Waals surface area contributed by atoms with Crippen molar-refractivity contribution in [2.45, 2.75) is 11.5 Å². The first-order chi connectivity index (χ1) is 14.4. The Balaban J connectivity index is 1.80. The number of aliphatic hydroxyl groups excluding tert-OH is 1. The van der Waals surface area contributed by atoms with Crippen molar-refractivity contribution in [1.29, 1.82) is 0 Å². The molecule has 2 aromatic heterocycles. The van der Waals surface area contributed by atoms with Gasteiger partial charge in [0, 0.05) is 34.9 Å². The molecular formula is C21H21N3O5S. The number of anilines is 1. The summed E-state index contributed by atoms with van der Waals surface area (Å²) in [5.41, 5.74) is 2.81. The average molecular weight is 427 g/mol. The molecule has 0 aliphatic rings. The van der Waals surface area contributed by atoms with Gasteiger partial charge in [-0.2, -0.15) is 4.98 Å². The Morgan fingerprint density at radius 1 is 1.00 bits per heavy atom. The minimum atomic E-state index is -3.89. The number of hydrogen-bond donors (Lipinski definition) is 2. The molecule has 4 aromatic rings. The predicted molar refractivity (Wildman–Crippen MR) is 114 cm³/mol. The van der Waals surface area contributed by atoms with Crippen LogP contribution in [0.2, 0.25) is 0 Å². The molecule has 2 aromatic carbocycles. The number of nitrogens with zero attached hydrogens (tertiary/aromatic N) is 2. The SMILES string of the molecule is COc1ccc(NS(=O)(=O)c2ccc3c(c2)c2ccc(CO)cc2n3C)c(OC)n1. The second-order valence-corrected chi connectivity index (χ2v) is 8.45. The highest BCUT2D eigenvalue weighted by atomic mass is 32.2. The maximum Gasteiger partial charge on any atom is 0.262 e. The van der Waals surface area contributed by atoms with Gasteiger partial charge in [-0.3, -0.25) is 4.72 Å². The zero-order chi connectivity index (χ0) is 21.5. The number of ether oxygens (including phenoxy) is 2. The van der Waals surface area contributed by atoms with Gasteiger partial charge in [0.05, 0.1) is 25.7 Å². The van der Waals surface area contributed by atoms with Crippen LogP contribution < -0.4 is 14.2 Å². The molecule has 0 atom stereocenters. The van der Waals surface area contributed by atoms with Crippen LogP contribution in [0.15, 0.2) is 53.4 Å². The molecule has 0 aliphatic carbocycles. The number of nitrogens with one attached hydrogen (secondary N) is 1. The van der Waals surface area contributed by atoms with E-state index >= 15 is 0 Å². The molecule has 0 saturated heterocycles. The van der Waals surface area contributed by atoms with Crippen LogP contribution in [0.25, 0.3) is 21.8 Å². The smallest absolute Gasteiger partial charge is 0.262 e. The molecule has 30 heavy (non-hydrogen) atoms. The lowest BCUT2D eigenvalue weighted by molar-refractivity contribution is 0.282. The molecule has 9 heteroatoms.